The largest absolute Gasteiger partial charge is 0.417 e. The highest BCUT2D eigenvalue weighted by molar-refractivity contribution is 6.04. The van der Waals surface area contributed by atoms with Crippen LogP contribution >= 0.6 is 0 Å². The van der Waals surface area contributed by atoms with Crippen LogP contribution in [0.3, 0.4) is 0 Å². The molecule has 1 heterocycles. The number of alkyl halides is 3. The fraction of sp³-hybridized carbons (Fsp3) is 0.379. The number of carbonyl (C=O) groups is 1. The molecule has 1 aromatic heterocycles. The highest BCUT2D eigenvalue weighted by Crippen LogP contribution is 2.57. The molecule has 2 aliphatic rings. The number of aryl methyl sites for hydroxylation is 2. The first-order valence-electron chi connectivity index (χ1n) is 12.3. The molecular weight excluding hydrogens is 465 g/mol. The molecule has 1 unspecified atom stereocenters. The fourth-order valence-corrected chi connectivity index (χ4v) is 6.19. The number of nitrogens with one attached hydrogen (secondary N) is 1. The number of amides is 1. The molecule has 1 saturated carbocycles. The predicted molar refractivity (Wildman–Crippen MR) is 132 cm³/mol. The van der Waals surface area contributed by atoms with Gasteiger partial charge in [-0.25, -0.2) is 0 Å². The van der Waals surface area contributed by atoms with Crippen molar-refractivity contribution in [1.29, 1.82) is 0 Å². The molecule has 188 valence electrons. The van der Waals surface area contributed by atoms with Gasteiger partial charge < -0.3 is 10.4 Å². The first-order valence-corrected chi connectivity index (χ1v) is 12.3. The van der Waals surface area contributed by atoms with E-state index >= 15 is 0 Å². The lowest BCUT2D eigenvalue weighted by Crippen LogP contribution is -2.56. The van der Waals surface area contributed by atoms with E-state index in [2.05, 4.69) is 10.3 Å². The Morgan fingerprint density at radius 3 is 2.61 bits per heavy atom. The summed E-state index contributed by atoms with van der Waals surface area (Å²) in [5, 5.41) is 13.5. The third kappa shape index (κ3) is 4.30. The number of pyridine rings is 1. The number of aliphatic hydroxyl groups is 1. The lowest BCUT2D eigenvalue weighted by molar-refractivity contribution is -0.279. The summed E-state index contributed by atoms with van der Waals surface area (Å²) in [7, 11) is 0. The zero-order valence-corrected chi connectivity index (χ0v) is 20.1. The third-order valence-corrected chi connectivity index (χ3v) is 8.16. The topological polar surface area (TPSA) is 62.2 Å². The Hall–Kier alpha value is -3.19. The molecule has 0 bridgehead atoms. The molecule has 3 atom stereocenters. The molecule has 0 saturated heterocycles. The maximum Gasteiger partial charge on any atom is 0.417 e. The van der Waals surface area contributed by atoms with Gasteiger partial charge in [0.05, 0.1) is 11.4 Å². The van der Waals surface area contributed by atoms with Crippen molar-refractivity contribution >= 4 is 11.6 Å². The lowest BCUT2D eigenvalue weighted by Gasteiger charge is -2.53. The molecule has 0 radical (unpaired) electrons. The summed E-state index contributed by atoms with van der Waals surface area (Å²) < 4.78 is 41.3. The van der Waals surface area contributed by atoms with Crippen LogP contribution in [-0.4, -0.2) is 27.8 Å². The summed E-state index contributed by atoms with van der Waals surface area (Å²) in [4.78, 5) is 17.2. The molecule has 1 fully saturated rings. The molecule has 4 nitrogen and oxygen atoms in total. The second kappa shape index (κ2) is 9.04. The van der Waals surface area contributed by atoms with Crippen LogP contribution in [0.1, 0.15) is 58.4 Å². The van der Waals surface area contributed by atoms with Crippen molar-refractivity contribution in [3.05, 3.63) is 94.8 Å². The van der Waals surface area contributed by atoms with Gasteiger partial charge in [-0.05, 0) is 92.3 Å². The summed E-state index contributed by atoms with van der Waals surface area (Å²) in [6.07, 6.45) is -1.69. The summed E-state index contributed by atoms with van der Waals surface area (Å²) in [5.41, 5.74) is 1.73. The van der Waals surface area contributed by atoms with Crippen LogP contribution in [0.2, 0.25) is 0 Å². The van der Waals surface area contributed by atoms with E-state index in [1.54, 1.807) is 24.4 Å². The number of aromatic nitrogens is 1. The summed E-state index contributed by atoms with van der Waals surface area (Å²) in [5.74, 6) is -0.563. The number of hydrogen-bond acceptors (Lipinski definition) is 3. The molecular formula is C29H29F3N2O2. The van der Waals surface area contributed by atoms with E-state index in [0.717, 1.165) is 16.7 Å². The quantitative estimate of drug-likeness (QED) is 0.457. The first kappa shape index (κ1) is 24.5. The van der Waals surface area contributed by atoms with E-state index in [0.29, 0.717) is 36.2 Å². The lowest BCUT2D eigenvalue weighted by atomic mass is 9.52. The molecule has 0 aliphatic heterocycles. The number of anilines is 1. The number of hydrogen-bond donors (Lipinski definition) is 2. The van der Waals surface area contributed by atoms with Crippen molar-refractivity contribution in [3.63, 3.8) is 0 Å². The summed E-state index contributed by atoms with van der Waals surface area (Å²) >= 11 is 0. The fourth-order valence-electron chi connectivity index (χ4n) is 6.19. The number of benzene rings is 2. The van der Waals surface area contributed by atoms with Gasteiger partial charge in [0, 0.05) is 17.2 Å². The van der Waals surface area contributed by atoms with Gasteiger partial charge in [-0.1, -0.05) is 36.4 Å². The van der Waals surface area contributed by atoms with Crippen molar-refractivity contribution < 1.29 is 23.1 Å². The first-order chi connectivity index (χ1) is 17.1. The Bertz CT molecular complexity index is 1280. The number of fused-ring (bicyclic) bond motifs is 3. The average molecular weight is 495 g/mol. The van der Waals surface area contributed by atoms with Crippen LogP contribution < -0.4 is 5.32 Å². The van der Waals surface area contributed by atoms with Crippen LogP contribution in [0.5, 0.6) is 0 Å². The number of carbonyl (C=O) groups excluding carboxylic acids is 1. The summed E-state index contributed by atoms with van der Waals surface area (Å²) in [6.45, 7) is 1.82. The Kier molecular flexibility index (Phi) is 6.15. The van der Waals surface area contributed by atoms with Gasteiger partial charge in [-0.3, -0.25) is 9.78 Å². The predicted octanol–water partition coefficient (Wildman–Crippen LogP) is 6.16. The standard InChI is InChI=1S/C29H29F3N2O2/c1-19-25(8-5-15-33-19)34-26(35)22-10-12-24-21(16-22)9-11-23-18-28(36,29(30,31)32)14-13-27(23,24)17-20-6-3-2-4-7-20/h2-8,10,12,15-16,23,36H,9,11,13-14,17-18H2,1H3,(H,34,35)/t23-,27-,28?/m0/s1. The molecule has 1 amide bonds. The molecule has 2 aromatic carbocycles. The van der Waals surface area contributed by atoms with E-state index in [9.17, 15) is 23.1 Å². The Balaban J connectivity index is 1.51. The maximum absolute atomic E-state index is 13.8. The molecule has 7 heteroatoms. The van der Waals surface area contributed by atoms with E-state index in [1.165, 1.54) is 0 Å². The minimum absolute atomic E-state index is 0.232. The average Bonchev–Trinajstić information content (AvgIpc) is 2.85. The minimum atomic E-state index is -4.65. The van der Waals surface area contributed by atoms with Gasteiger partial charge in [0.2, 0.25) is 0 Å². The van der Waals surface area contributed by atoms with Crippen LogP contribution in [-0.2, 0) is 18.3 Å². The van der Waals surface area contributed by atoms with E-state index < -0.39 is 17.2 Å². The van der Waals surface area contributed by atoms with E-state index in [-0.39, 0.29) is 31.1 Å². The van der Waals surface area contributed by atoms with E-state index in [4.69, 9.17) is 0 Å². The van der Waals surface area contributed by atoms with Crippen molar-refractivity contribution in [1.82, 2.24) is 4.98 Å². The molecule has 0 spiro atoms. The zero-order chi connectivity index (χ0) is 25.6. The van der Waals surface area contributed by atoms with Gasteiger partial charge in [0.25, 0.3) is 5.91 Å². The Morgan fingerprint density at radius 2 is 1.89 bits per heavy atom. The summed E-state index contributed by atoms with van der Waals surface area (Å²) in [6, 6.07) is 18.9. The van der Waals surface area contributed by atoms with Crippen LogP contribution in [0.25, 0.3) is 0 Å². The maximum atomic E-state index is 13.8. The number of halogens is 3. The monoisotopic (exact) mass is 494 g/mol. The minimum Gasteiger partial charge on any atom is -0.380 e. The second-order valence-electron chi connectivity index (χ2n) is 10.3. The van der Waals surface area contributed by atoms with E-state index in [1.807, 2.05) is 49.4 Å². The number of rotatable bonds is 4. The zero-order valence-electron chi connectivity index (χ0n) is 20.1. The smallest absolute Gasteiger partial charge is 0.380 e. The van der Waals surface area contributed by atoms with Crippen molar-refractivity contribution in [2.24, 2.45) is 5.92 Å². The van der Waals surface area contributed by atoms with Gasteiger partial charge >= 0.3 is 6.18 Å². The van der Waals surface area contributed by atoms with Crippen molar-refractivity contribution in [3.8, 4) is 0 Å². The Labute approximate surface area is 208 Å². The molecule has 2 aliphatic carbocycles. The highest BCUT2D eigenvalue weighted by atomic mass is 19.4. The molecule has 5 rings (SSSR count). The van der Waals surface area contributed by atoms with Crippen LogP contribution in [0.4, 0.5) is 18.9 Å². The van der Waals surface area contributed by atoms with Crippen LogP contribution in [0.15, 0.2) is 66.9 Å². The molecule has 3 aromatic rings. The van der Waals surface area contributed by atoms with Gasteiger partial charge in [-0.2, -0.15) is 13.2 Å². The molecule has 2 N–H and O–H groups in total. The third-order valence-electron chi connectivity index (χ3n) is 8.16. The van der Waals surface area contributed by atoms with Crippen molar-refractivity contribution in [2.75, 3.05) is 5.32 Å². The SMILES string of the molecule is Cc1ncccc1NC(=O)c1ccc2c(c1)CC[C@H]1CC(O)(C(F)(F)F)CC[C@@]21Cc1ccccc1. The second-order valence-corrected chi connectivity index (χ2v) is 10.3. The van der Waals surface area contributed by atoms with Crippen molar-refractivity contribution in [2.45, 2.75) is 62.6 Å². The number of nitrogens with zero attached hydrogens (tertiary/aromatic N) is 1. The van der Waals surface area contributed by atoms with Crippen LogP contribution in [0, 0.1) is 12.8 Å². The van der Waals surface area contributed by atoms with Gasteiger partial charge in [0.15, 0.2) is 5.60 Å². The van der Waals surface area contributed by atoms with Gasteiger partial charge in [-0.15, -0.1) is 0 Å². The highest BCUT2D eigenvalue weighted by Gasteiger charge is 2.61. The molecule has 36 heavy (non-hydrogen) atoms. The normalized spacial score (nSPS) is 25.5. The Morgan fingerprint density at radius 1 is 1.11 bits per heavy atom. The van der Waals surface area contributed by atoms with Gasteiger partial charge in [0.1, 0.15) is 0 Å².